The highest BCUT2D eigenvalue weighted by Crippen LogP contribution is 2.14. The smallest absolute Gasteiger partial charge is 0.245 e. The molecule has 0 unspecified atom stereocenters. The number of nitrogens with zero attached hydrogens (tertiary/aromatic N) is 3. The molecule has 1 N–H and O–H groups in total. The molecule has 0 atom stereocenters. The summed E-state index contributed by atoms with van der Waals surface area (Å²) in [7, 11) is 0. The normalized spacial score (nSPS) is 10.5. The lowest BCUT2D eigenvalue weighted by Crippen LogP contribution is -2.00. The van der Waals surface area contributed by atoms with Crippen molar-refractivity contribution in [1.82, 2.24) is 15.1 Å². The van der Waals surface area contributed by atoms with Crippen molar-refractivity contribution >= 4 is 17.3 Å². The second-order valence-corrected chi connectivity index (χ2v) is 4.94. The van der Waals surface area contributed by atoms with Crippen molar-refractivity contribution in [1.29, 1.82) is 0 Å². The monoisotopic (exact) mass is 300 g/mol. The van der Waals surface area contributed by atoms with Crippen LogP contribution in [-0.4, -0.2) is 15.1 Å². The average molecular weight is 301 g/mol. The fourth-order valence-electron chi connectivity index (χ4n) is 1.86. The van der Waals surface area contributed by atoms with E-state index < -0.39 is 0 Å². The van der Waals surface area contributed by atoms with Crippen LogP contribution in [0.3, 0.4) is 0 Å². The molecule has 2 aromatic heterocycles. The summed E-state index contributed by atoms with van der Waals surface area (Å²) in [5.41, 5.74) is 2.00. The zero-order chi connectivity index (χ0) is 14.5. The predicted octanol–water partition coefficient (Wildman–Crippen LogP) is 3.32. The van der Waals surface area contributed by atoms with Gasteiger partial charge in [0.2, 0.25) is 5.89 Å². The zero-order valence-electron chi connectivity index (χ0n) is 11.2. The van der Waals surface area contributed by atoms with E-state index in [-0.39, 0.29) is 0 Å². The number of nitrogens with one attached hydrogen (secondary N) is 1. The van der Waals surface area contributed by atoms with Gasteiger partial charge >= 0.3 is 0 Å². The fourth-order valence-corrected chi connectivity index (χ4v) is 1.99. The van der Waals surface area contributed by atoms with Crippen LogP contribution < -0.4 is 5.32 Å². The molecule has 0 saturated heterocycles. The Morgan fingerprint density at radius 1 is 1.14 bits per heavy atom. The minimum atomic E-state index is 0.474. The van der Waals surface area contributed by atoms with Crippen LogP contribution in [0.1, 0.15) is 17.3 Å². The van der Waals surface area contributed by atoms with Crippen LogP contribution in [-0.2, 0) is 13.0 Å². The van der Waals surface area contributed by atoms with E-state index in [1.165, 1.54) is 0 Å². The first-order chi connectivity index (χ1) is 10.3. The van der Waals surface area contributed by atoms with Gasteiger partial charge in [0.25, 0.3) is 0 Å². The van der Waals surface area contributed by atoms with Gasteiger partial charge in [-0.15, -0.1) is 0 Å². The minimum Gasteiger partial charge on any atom is -0.376 e. The molecule has 3 rings (SSSR count). The molecular weight excluding hydrogens is 288 g/mol. The van der Waals surface area contributed by atoms with Gasteiger partial charge in [-0.1, -0.05) is 22.8 Å². The molecule has 5 nitrogen and oxygen atoms in total. The third-order valence-electron chi connectivity index (χ3n) is 2.88. The van der Waals surface area contributed by atoms with Gasteiger partial charge in [-0.3, -0.25) is 4.98 Å². The van der Waals surface area contributed by atoms with Crippen LogP contribution >= 0.6 is 11.6 Å². The van der Waals surface area contributed by atoms with Crippen LogP contribution in [0.4, 0.5) is 5.69 Å². The average Bonchev–Trinajstić information content (AvgIpc) is 2.95. The lowest BCUT2D eigenvalue weighted by Gasteiger charge is -2.02. The Kier molecular flexibility index (Phi) is 4.12. The quantitative estimate of drug-likeness (QED) is 0.783. The number of hydrogen-bond donors (Lipinski definition) is 1. The standard InChI is InChI=1S/C15H13ClN4O/c16-12-3-5-13(6-4-12)18-10-15-19-14(20-21-15)8-11-2-1-7-17-9-11/h1-7,9,18H,8,10H2. The van der Waals surface area contributed by atoms with E-state index in [1.807, 2.05) is 36.4 Å². The van der Waals surface area contributed by atoms with Crippen LogP contribution in [0.25, 0.3) is 0 Å². The van der Waals surface area contributed by atoms with E-state index >= 15 is 0 Å². The van der Waals surface area contributed by atoms with Crippen molar-refractivity contribution in [2.75, 3.05) is 5.32 Å². The third kappa shape index (κ3) is 3.79. The minimum absolute atomic E-state index is 0.474. The highest BCUT2D eigenvalue weighted by atomic mass is 35.5. The molecule has 2 heterocycles. The maximum Gasteiger partial charge on any atom is 0.245 e. The third-order valence-corrected chi connectivity index (χ3v) is 3.14. The van der Waals surface area contributed by atoms with Crippen LogP contribution in [0.5, 0.6) is 0 Å². The van der Waals surface area contributed by atoms with Crippen molar-refractivity contribution in [2.24, 2.45) is 0 Å². The first-order valence-electron chi connectivity index (χ1n) is 6.49. The molecule has 0 aliphatic heterocycles. The van der Waals surface area contributed by atoms with E-state index in [1.54, 1.807) is 12.4 Å². The van der Waals surface area contributed by atoms with Crippen LogP contribution in [0.2, 0.25) is 5.02 Å². The number of anilines is 1. The fraction of sp³-hybridized carbons (Fsp3) is 0.133. The molecule has 6 heteroatoms. The van der Waals surface area contributed by atoms with E-state index in [0.717, 1.165) is 11.3 Å². The van der Waals surface area contributed by atoms with E-state index in [2.05, 4.69) is 20.4 Å². The lowest BCUT2D eigenvalue weighted by atomic mass is 10.2. The van der Waals surface area contributed by atoms with Gasteiger partial charge < -0.3 is 9.84 Å². The Balaban J connectivity index is 1.59. The Morgan fingerprint density at radius 3 is 2.76 bits per heavy atom. The summed E-state index contributed by atoms with van der Waals surface area (Å²) in [6.07, 6.45) is 4.14. The molecule has 106 valence electrons. The van der Waals surface area contributed by atoms with Gasteiger partial charge in [-0.05, 0) is 35.9 Å². The van der Waals surface area contributed by atoms with Gasteiger partial charge in [0.15, 0.2) is 5.82 Å². The van der Waals surface area contributed by atoms with E-state index in [0.29, 0.717) is 29.7 Å². The molecule has 0 fully saturated rings. The number of halogens is 1. The van der Waals surface area contributed by atoms with Gasteiger partial charge in [-0.2, -0.15) is 4.98 Å². The van der Waals surface area contributed by atoms with Gasteiger partial charge in [0.1, 0.15) is 0 Å². The van der Waals surface area contributed by atoms with Crippen molar-refractivity contribution < 1.29 is 4.52 Å². The number of pyridine rings is 1. The zero-order valence-corrected chi connectivity index (χ0v) is 11.9. The number of aromatic nitrogens is 3. The largest absolute Gasteiger partial charge is 0.376 e. The van der Waals surface area contributed by atoms with Crippen molar-refractivity contribution in [2.45, 2.75) is 13.0 Å². The summed E-state index contributed by atoms with van der Waals surface area (Å²) in [4.78, 5) is 8.41. The first-order valence-corrected chi connectivity index (χ1v) is 6.87. The maximum atomic E-state index is 5.84. The topological polar surface area (TPSA) is 63.8 Å². The van der Waals surface area contributed by atoms with E-state index in [4.69, 9.17) is 16.1 Å². The summed E-state index contributed by atoms with van der Waals surface area (Å²) < 4.78 is 5.21. The maximum absolute atomic E-state index is 5.84. The van der Waals surface area contributed by atoms with Gasteiger partial charge in [0, 0.05) is 29.5 Å². The van der Waals surface area contributed by atoms with Gasteiger partial charge in [-0.25, -0.2) is 0 Å². The molecule has 0 aliphatic rings. The number of hydrogen-bond acceptors (Lipinski definition) is 5. The molecule has 21 heavy (non-hydrogen) atoms. The van der Waals surface area contributed by atoms with Gasteiger partial charge in [0.05, 0.1) is 6.54 Å². The highest BCUT2D eigenvalue weighted by molar-refractivity contribution is 6.30. The summed E-state index contributed by atoms with van der Waals surface area (Å²) >= 11 is 5.84. The van der Waals surface area contributed by atoms with Crippen molar-refractivity contribution in [3.8, 4) is 0 Å². The Bertz CT molecular complexity index is 697. The van der Waals surface area contributed by atoms with Crippen molar-refractivity contribution in [3.05, 3.63) is 71.1 Å². The second kappa shape index (κ2) is 6.37. The van der Waals surface area contributed by atoms with Crippen LogP contribution in [0, 0.1) is 0 Å². The molecule has 0 radical (unpaired) electrons. The lowest BCUT2D eigenvalue weighted by molar-refractivity contribution is 0.378. The molecular formula is C15H13ClN4O. The molecule has 0 spiro atoms. The summed E-state index contributed by atoms with van der Waals surface area (Å²) in [6.45, 7) is 0.474. The highest BCUT2D eigenvalue weighted by Gasteiger charge is 2.07. The second-order valence-electron chi connectivity index (χ2n) is 4.50. The molecule has 0 amide bonds. The molecule has 1 aromatic carbocycles. The Hall–Kier alpha value is -2.40. The SMILES string of the molecule is Clc1ccc(NCc2nc(Cc3cccnc3)no2)cc1. The summed E-state index contributed by atoms with van der Waals surface area (Å²) in [6, 6.07) is 11.3. The number of rotatable bonds is 5. The Morgan fingerprint density at radius 2 is 2.00 bits per heavy atom. The van der Waals surface area contributed by atoms with E-state index in [9.17, 15) is 0 Å². The Labute approximate surface area is 127 Å². The molecule has 0 bridgehead atoms. The number of benzene rings is 1. The first kappa shape index (κ1) is 13.6. The summed E-state index contributed by atoms with van der Waals surface area (Å²) in [5, 5.41) is 7.87. The molecule has 0 saturated carbocycles. The molecule has 3 aromatic rings. The molecule has 0 aliphatic carbocycles. The predicted molar refractivity (Wildman–Crippen MR) is 80.1 cm³/mol. The van der Waals surface area contributed by atoms with Crippen LogP contribution in [0.15, 0.2) is 53.3 Å². The summed E-state index contributed by atoms with van der Waals surface area (Å²) in [5.74, 6) is 1.19. The van der Waals surface area contributed by atoms with Crippen molar-refractivity contribution in [3.63, 3.8) is 0 Å².